The molecule has 1 N–H and O–H groups in total. The lowest BCUT2D eigenvalue weighted by Crippen LogP contribution is -2.39. The second-order valence-electron chi connectivity index (χ2n) is 9.11. The number of fused-ring (bicyclic) bond motifs is 1. The van der Waals surface area contributed by atoms with Crippen molar-refractivity contribution in [1.82, 2.24) is 4.98 Å². The summed E-state index contributed by atoms with van der Waals surface area (Å²) in [6.07, 6.45) is 0. The van der Waals surface area contributed by atoms with Gasteiger partial charge in [-0.25, -0.2) is 0 Å². The van der Waals surface area contributed by atoms with E-state index >= 15 is 0 Å². The average Bonchev–Trinajstić information content (AvgIpc) is 3.21. The molecule has 4 rings (SSSR count). The molecule has 0 bridgehead atoms. The van der Waals surface area contributed by atoms with Crippen molar-refractivity contribution in [3.05, 3.63) is 78.4 Å². The molecule has 1 heterocycles. The minimum atomic E-state index is -0.554. The molecular weight excluding hydrogens is 412 g/mol. The average molecular weight is 443 g/mol. The normalized spacial score (nSPS) is 11.4. The molecule has 0 saturated heterocycles. The van der Waals surface area contributed by atoms with Gasteiger partial charge >= 0.3 is 0 Å². The molecule has 0 fully saturated rings. The first-order valence-electron chi connectivity index (χ1n) is 11.0. The van der Waals surface area contributed by atoms with Crippen LogP contribution in [0.2, 0.25) is 0 Å². The van der Waals surface area contributed by atoms with Gasteiger partial charge in [-0.1, -0.05) is 51.1 Å². The second kappa shape index (κ2) is 9.02. The number of H-pyrrole nitrogens is 1. The van der Waals surface area contributed by atoms with Crippen LogP contribution in [0.5, 0.6) is 11.5 Å². The number of aromatic amines is 1. The molecule has 1 amide bonds. The van der Waals surface area contributed by atoms with E-state index in [2.05, 4.69) is 11.1 Å². The van der Waals surface area contributed by atoms with Crippen molar-refractivity contribution in [1.29, 1.82) is 0 Å². The Balaban J connectivity index is 1.90. The number of benzene rings is 3. The van der Waals surface area contributed by atoms with E-state index in [1.54, 1.807) is 14.2 Å². The molecule has 5 nitrogen and oxygen atoms in total. The number of amides is 1. The van der Waals surface area contributed by atoms with Crippen LogP contribution >= 0.6 is 0 Å². The Bertz CT molecular complexity index is 1250. The number of para-hydroxylation sites is 1. The van der Waals surface area contributed by atoms with E-state index < -0.39 is 5.41 Å². The summed E-state index contributed by atoms with van der Waals surface area (Å²) in [5, 5.41) is 1.01. The number of anilines is 1. The van der Waals surface area contributed by atoms with Crippen molar-refractivity contribution in [2.24, 2.45) is 5.41 Å². The molecule has 3 aromatic carbocycles. The number of nitrogens with zero attached hydrogens (tertiary/aromatic N) is 1. The monoisotopic (exact) mass is 442 g/mol. The van der Waals surface area contributed by atoms with Gasteiger partial charge in [-0.3, -0.25) is 4.79 Å². The summed E-state index contributed by atoms with van der Waals surface area (Å²) in [5.41, 5.74) is 4.24. The molecule has 0 unspecified atom stereocenters. The van der Waals surface area contributed by atoms with E-state index in [9.17, 15) is 4.79 Å². The predicted molar refractivity (Wildman–Crippen MR) is 134 cm³/mol. The summed E-state index contributed by atoms with van der Waals surface area (Å²) < 4.78 is 10.6. The zero-order valence-electron chi connectivity index (χ0n) is 19.8. The fourth-order valence-corrected chi connectivity index (χ4v) is 3.94. The lowest BCUT2D eigenvalue weighted by molar-refractivity contribution is -0.125. The highest BCUT2D eigenvalue weighted by Crippen LogP contribution is 2.40. The van der Waals surface area contributed by atoms with Gasteiger partial charge in [-0.15, -0.1) is 0 Å². The van der Waals surface area contributed by atoms with Crippen molar-refractivity contribution < 1.29 is 14.3 Å². The van der Waals surface area contributed by atoms with Crippen LogP contribution in [0.25, 0.3) is 22.2 Å². The summed E-state index contributed by atoms with van der Waals surface area (Å²) in [6.45, 7) is 6.32. The van der Waals surface area contributed by atoms with Crippen LogP contribution < -0.4 is 14.4 Å². The SMILES string of the molecule is COc1ccc(CN(C(=O)C(C)(C)C)c2c(-c3ccc(OC)cc3)[nH]c3ccccc23)cc1. The van der Waals surface area contributed by atoms with Gasteiger partial charge in [0.05, 0.1) is 32.1 Å². The molecule has 0 spiro atoms. The van der Waals surface area contributed by atoms with Crippen LogP contribution in [-0.2, 0) is 11.3 Å². The lowest BCUT2D eigenvalue weighted by atomic mass is 9.93. The number of hydrogen-bond donors (Lipinski definition) is 1. The Kier molecular flexibility index (Phi) is 6.14. The van der Waals surface area contributed by atoms with Gasteiger partial charge in [0.15, 0.2) is 0 Å². The highest BCUT2D eigenvalue weighted by molar-refractivity contribution is 6.10. The Morgan fingerprint density at radius 2 is 1.42 bits per heavy atom. The van der Waals surface area contributed by atoms with Crippen molar-refractivity contribution in [2.75, 3.05) is 19.1 Å². The van der Waals surface area contributed by atoms with E-state index in [0.717, 1.165) is 44.9 Å². The van der Waals surface area contributed by atoms with Crippen LogP contribution in [0.15, 0.2) is 72.8 Å². The Hall–Kier alpha value is -3.73. The quantitative estimate of drug-likeness (QED) is 0.374. The molecule has 0 aliphatic carbocycles. The third-order valence-electron chi connectivity index (χ3n) is 5.71. The number of methoxy groups -OCH3 is 2. The smallest absolute Gasteiger partial charge is 0.232 e. The lowest BCUT2D eigenvalue weighted by Gasteiger charge is -2.30. The van der Waals surface area contributed by atoms with Crippen LogP contribution in [0.3, 0.4) is 0 Å². The highest BCUT2D eigenvalue weighted by Gasteiger charge is 2.32. The predicted octanol–water partition coefficient (Wildman–Crippen LogP) is 6.43. The number of carbonyl (C=O) groups is 1. The van der Waals surface area contributed by atoms with Gasteiger partial charge in [-0.2, -0.15) is 0 Å². The summed E-state index contributed by atoms with van der Waals surface area (Å²) in [7, 11) is 3.31. The minimum absolute atomic E-state index is 0.0535. The van der Waals surface area contributed by atoms with E-state index in [0.29, 0.717) is 6.54 Å². The molecule has 0 saturated carbocycles. The van der Waals surface area contributed by atoms with Gasteiger partial charge in [0.1, 0.15) is 11.5 Å². The summed E-state index contributed by atoms with van der Waals surface area (Å²) in [6, 6.07) is 23.9. The molecule has 0 atom stereocenters. The molecule has 0 radical (unpaired) electrons. The fourth-order valence-electron chi connectivity index (χ4n) is 3.94. The van der Waals surface area contributed by atoms with Gasteiger partial charge in [-0.05, 0) is 48.0 Å². The molecule has 0 aliphatic rings. The van der Waals surface area contributed by atoms with Gasteiger partial charge < -0.3 is 19.4 Å². The highest BCUT2D eigenvalue weighted by atomic mass is 16.5. The number of nitrogens with one attached hydrogen (secondary N) is 1. The minimum Gasteiger partial charge on any atom is -0.497 e. The Morgan fingerprint density at radius 1 is 0.848 bits per heavy atom. The summed E-state index contributed by atoms with van der Waals surface area (Å²) >= 11 is 0. The number of ether oxygens (including phenoxy) is 2. The number of aromatic nitrogens is 1. The van der Waals surface area contributed by atoms with Crippen LogP contribution in [0.1, 0.15) is 26.3 Å². The number of carbonyl (C=O) groups excluding carboxylic acids is 1. The largest absolute Gasteiger partial charge is 0.497 e. The molecule has 1 aromatic heterocycles. The van der Waals surface area contributed by atoms with Crippen molar-refractivity contribution in [3.8, 4) is 22.8 Å². The molecule has 5 heteroatoms. The maximum Gasteiger partial charge on any atom is 0.232 e. The van der Waals surface area contributed by atoms with E-state index in [1.165, 1.54) is 0 Å². The third-order valence-corrected chi connectivity index (χ3v) is 5.71. The van der Waals surface area contributed by atoms with Crippen molar-refractivity contribution in [3.63, 3.8) is 0 Å². The first-order valence-corrected chi connectivity index (χ1v) is 11.0. The zero-order valence-corrected chi connectivity index (χ0v) is 19.8. The number of hydrogen-bond acceptors (Lipinski definition) is 3. The summed E-state index contributed by atoms with van der Waals surface area (Å²) in [4.78, 5) is 19.2. The number of rotatable bonds is 6. The second-order valence-corrected chi connectivity index (χ2v) is 9.11. The molecular formula is C28H30N2O3. The molecule has 33 heavy (non-hydrogen) atoms. The topological polar surface area (TPSA) is 54.6 Å². The van der Waals surface area contributed by atoms with Gasteiger partial charge in [0.25, 0.3) is 0 Å². The van der Waals surface area contributed by atoms with Gasteiger partial charge in [0, 0.05) is 21.9 Å². The van der Waals surface area contributed by atoms with Crippen molar-refractivity contribution >= 4 is 22.5 Å². The fraction of sp³-hybridized carbons (Fsp3) is 0.250. The Morgan fingerprint density at radius 3 is 2.00 bits per heavy atom. The molecule has 0 aliphatic heterocycles. The standard InChI is InChI=1S/C28H30N2O3/c1-28(2,3)27(31)30(18-19-10-14-21(32-4)15-11-19)26-23-8-6-7-9-24(23)29-25(26)20-12-16-22(33-5)17-13-20/h6-17,29H,18H2,1-5H3. The first-order chi connectivity index (χ1) is 15.8. The van der Waals surface area contributed by atoms with Crippen LogP contribution in [-0.4, -0.2) is 25.1 Å². The molecule has 170 valence electrons. The van der Waals surface area contributed by atoms with E-state index in [1.807, 2.05) is 92.4 Å². The van der Waals surface area contributed by atoms with Gasteiger partial charge in [0.2, 0.25) is 5.91 Å². The maximum absolute atomic E-state index is 13.8. The van der Waals surface area contributed by atoms with E-state index in [-0.39, 0.29) is 5.91 Å². The Labute approximate surface area is 195 Å². The maximum atomic E-state index is 13.8. The third kappa shape index (κ3) is 4.58. The van der Waals surface area contributed by atoms with Crippen LogP contribution in [0, 0.1) is 5.41 Å². The molecule has 4 aromatic rings. The zero-order chi connectivity index (χ0) is 23.6. The van der Waals surface area contributed by atoms with Crippen molar-refractivity contribution in [2.45, 2.75) is 27.3 Å². The van der Waals surface area contributed by atoms with Crippen LogP contribution in [0.4, 0.5) is 5.69 Å². The van der Waals surface area contributed by atoms with E-state index in [4.69, 9.17) is 9.47 Å². The summed E-state index contributed by atoms with van der Waals surface area (Å²) in [5.74, 6) is 1.63. The first kappa shape index (κ1) is 22.5.